The molecule has 0 saturated carbocycles. The van der Waals surface area contributed by atoms with Gasteiger partial charge in [0.25, 0.3) is 5.91 Å². The lowest BCUT2D eigenvalue weighted by atomic mass is 10.1. The van der Waals surface area contributed by atoms with E-state index < -0.39 is 0 Å². The number of nitrogens with two attached hydrogens (primary N) is 1. The smallest absolute Gasteiger partial charge is 0.256 e. The molecule has 0 bridgehead atoms. The number of thiazole rings is 1. The van der Waals surface area contributed by atoms with Crippen molar-refractivity contribution in [3.63, 3.8) is 0 Å². The third kappa shape index (κ3) is 3.05. The first-order chi connectivity index (χ1) is 8.99. The van der Waals surface area contributed by atoms with Gasteiger partial charge in [0, 0.05) is 22.6 Å². The van der Waals surface area contributed by atoms with Crippen LogP contribution >= 0.6 is 22.9 Å². The zero-order chi connectivity index (χ0) is 14.0. The largest absolute Gasteiger partial charge is 0.398 e. The van der Waals surface area contributed by atoms with E-state index in [1.807, 2.05) is 6.92 Å². The summed E-state index contributed by atoms with van der Waals surface area (Å²) in [6.07, 6.45) is 0. The number of carbonyl (C=O) groups is 1. The second-order valence-electron chi connectivity index (χ2n) is 4.25. The van der Waals surface area contributed by atoms with Crippen LogP contribution in [0.3, 0.4) is 0 Å². The molecule has 6 heteroatoms. The van der Waals surface area contributed by atoms with Crippen molar-refractivity contribution in [2.75, 3.05) is 12.8 Å². The molecule has 2 rings (SSSR count). The van der Waals surface area contributed by atoms with Gasteiger partial charge in [0.1, 0.15) is 0 Å². The molecular weight excluding hydrogens is 282 g/mol. The van der Waals surface area contributed by atoms with Crippen LogP contribution in [0.5, 0.6) is 0 Å². The molecular formula is C13H14ClN3OS. The second-order valence-corrected chi connectivity index (χ2v) is 5.63. The highest BCUT2D eigenvalue weighted by Crippen LogP contribution is 2.21. The average Bonchev–Trinajstić information content (AvgIpc) is 2.74. The summed E-state index contributed by atoms with van der Waals surface area (Å²) in [5, 5.41) is 0.523. The molecule has 0 saturated heterocycles. The van der Waals surface area contributed by atoms with E-state index >= 15 is 0 Å². The van der Waals surface area contributed by atoms with Crippen LogP contribution in [0.1, 0.15) is 20.9 Å². The van der Waals surface area contributed by atoms with Crippen molar-refractivity contribution in [3.05, 3.63) is 44.9 Å². The van der Waals surface area contributed by atoms with Crippen LogP contribution in [0.25, 0.3) is 0 Å². The molecule has 0 radical (unpaired) electrons. The predicted molar refractivity (Wildman–Crippen MR) is 78.5 cm³/mol. The number of rotatable bonds is 3. The number of hydrogen-bond donors (Lipinski definition) is 1. The summed E-state index contributed by atoms with van der Waals surface area (Å²) in [5.74, 6) is -0.123. The molecule has 19 heavy (non-hydrogen) atoms. The van der Waals surface area contributed by atoms with Crippen LogP contribution in [-0.4, -0.2) is 22.8 Å². The molecule has 0 aliphatic heterocycles. The highest BCUT2D eigenvalue weighted by atomic mass is 35.5. The summed E-state index contributed by atoms with van der Waals surface area (Å²) in [4.78, 5) is 19.2. The van der Waals surface area contributed by atoms with Gasteiger partial charge < -0.3 is 10.6 Å². The maximum absolute atomic E-state index is 12.3. The minimum atomic E-state index is -0.123. The zero-order valence-corrected chi connectivity index (χ0v) is 12.3. The summed E-state index contributed by atoms with van der Waals surface area (Å²) in [5.41, 5.74) is 9.41. The van der Waals surface area contributed by atoms with Gasteiger partial charge in [-0.05, 0) is 25.1 Å². The van der Waals surface area contributed by atoms with Crippen molar-refractivity contribution in [1.82, 2.24) is 9.88 Å². The number of aromatic nitrogens is 1. The fourth-order valence-corrected chi connectivity index (χ4v) is 2.71. The van der Waals surface area contributed by atoms with E-state index in [0.717, 1.165) is 10.6 Å². The molecule has 2 N–H and O–H groups in total. The molecule has 0 fully saturated rings. The van der Waals surface area contributed by atoms with E-state index in [1.165, 1.54) is 11.3 Å². The molecule has 1 amide bonds. The first-order valence-electron chi connectivity index (χ1n) is 5.68. The molecule has 4 nitrogen and oxygen atoms in total. The molecule has 0 aliphatic carbocycles. The Bertz CT molecular complexity index is 612. The number of aryl methyl sites for hydroxylation is 1. The molecule has 0 spiro atoms. The van der Waals surface area contributed by atoms with Gasteiger partial charge in [0.15, 0.2) is 0 Å². The SMILES string of the molecule is Cc1ncsc1CN(C)C(=O)c1ccc(Cl)cc1N. The number of nitrogens with zero attached hydrogens (tertiary/aromatic N) is 2. The van der Waals surface area contributed by atoms with E-state index in [2.05, 4.69) is 4.98 Å². The van der Waals surface area contributed by atoms with Gasteiger partial charge in [-0.2, -0.15) is 0 Å². The molecule has 1 heterocycles. The van der Waals surface area contributed by atoms with E-state index in [9.17, 15) is 4.79 Å². The van der Waals surface area contributed by atoms with Crippen molar-refractivity contribution in [2.24, 2.45) is 0 Å². The molecule has 1 aromatic heterocycles. The Balaban J connectivity index is 2.17. The lowest BCUT2D eigenvalue weighted by Crippen LogP contribution is -2.26. The summed E-state index contributed by atoms with van der Waals surface area (Å²) in [6, 6.07) is 4.90. The maximum Gasteiger partial charge on any atom is 0.256 e. The van der Waals surface area contributed by atoms with E-state index in [-0.39, 0.29) is 5.91 Å². The Morgan fingerprint density at radius 3 is 2.84 bits per heavy atom. The Labute approximate surface area is 120 Å². The van der Waals surface area contributed by atoms with Crippen molar-refractivity contribution < 1.29 is 4.79 Å². The summed E-state index contributed by atoms with van der Waals surface area (Å²) in [6.45, 7) is 2.46. The number of halogens is 1. The first kappa shape index (κ1) is 13.8. The number of nitrogen functional groups attached to an aromatic ring is 1. The van der Waals surface area contributed by atoms with Crippen LogP contribution < -0.4 is 5.73 Å². The Kier molecular flexibility index (Phi) is 4.07. The Morgan fingerprint density at radius 2 is 2.26 bits per heavy atom. The maximum atomic E-state index is 12.3. The van der Waals surface area contributed by atoms with E-state index in [4.69, 9.17) is 17.3 Å². The van der Waals surface area contributed by atoms with E-state index in [0.29, 0.717) is 22.8 Å². The summed E-state index contributed by atoms with van der Waals surface area (Å²) >= 11 is 7.37. The monoisotopic (exact) mass is 295 g/mol. The molecule has 100 valence electrons. The van der Waals surface area contributed by atoms with Crippen molar-refractivity contribution in [1.29, 1.82) is 0 Å². The van der Waals surface area contributed by atoms with Crippen LogP contribution in [0.15, 0.2) is 23.7 Å². The third-order valence-electron chi connectivity index (χ3n) is 2.82. The average molecular weight is 296 g/mol. The molecule has 0 atom stereocenters. The van der Waals surface area contributed by atoms with Crippen LogP contribution in [0, 0.1) is 6.92 Å². The highest BCUT2D eigenvalue weighted by molar-refractivity contribution is 7.09. The zero-order valence-electron chi connectivity index (χ0n) is 10.7. The molecule has 2 aromatic rings. The number of amides is 1. The van der Waals surface area contributed by atoms with Gasteiger partial charge in [-0.15, -0.1) is 11.3 Å². The van der Waals surface area contributed by atoms with Gasteiger partial charge in [-0.3, -0.25) is 4.79 Å². The number of hydrogen-bond acceptors (Lipinski definition) is 4. The fraction of sp³-hybridized carbons (Fsp3) is 0.231. The molecule has 0 aliphatic rings. The van der Waals surface area contributed by atoms with Gasteiger partial charge in [0.2, 0.25) is 0 Å². The highest BCUT2D eigenvalue weighted by Gasteiger charge is 2.16. The first-order valence-corrected chi connectivity index (χ1v) is 6.94. The van der Waals surface area contributed by atoms with E-state index in [1.54, 1.807) is 35.7 Å². The standard InChI is InChI=1S/C13H14ClN3OS/c1-8-12(19-7-16-8)6-17(2)13(18)10-4-3-9(14)5-11(10)15/h3-5,7H,6,15H2,1-2H3. The normalized spacial score (nSPS) is 10.5. The van der Waals surface area contributed by atoms with Crippen LogP contribution in [-0.2, 0) is 6.54 Å². The number of carbonyl (C=O) groups excluding carboxylic acids is 1. The quantitative estimate of drug-likeness (QED) is 0.886. The molecule has 1 aromatic carbocycles. The van der Waals surface area contributed by atoms with Crippen LogP contribution in [0.4, 0.5) is 5.69 Å². The molecule has 0 unspecified atom stereocenters. The third-order valence-corrected chi connectivity index (χ3v) is 3.97. The lowest BCUT2D eigenvalue weighted by Gasteiger charge is -2.17. The van der Waals surface area contributed by atoms with Gasteiger partial charge in [-0.25, -0.2) is 4.98 Å². The summed E-state index contributed by atoms with van der Waals surface area (Å²) in [7, 11) is 1.75. The van der Waals surface area contributed by atoms with Gasteiger partial charge >= 0.3 is 0 Å². The topological polar surface area (TPSA) is 59.2 Å². The lowest BCUT2D eigenvalue weighted by molar-refractivity contribution is 0.0787. The van der Waals surface area contributed by atoms with Crippen molar-refractivity contribution in [2.45, 2.75) is 13.5 Å². The fourth-order valence-electron chi connectivity index (χ4n) is 1.70. The van der Waals surface area contributed by atoms with Crippen molar-refractivity contribution in [3.8, 4) is 0 Å². The minimum Gasteiger partial charge on any atom is -0.398 e. The van der Waals surface area contributed by atoms with Crippen LogP contribution in [0.2, 0.25) is 5.02 Å². The second kappa shape index (κ2) is 5.59. The van der Waals surface area contributed by atoms with Crippen molar-refractivity contribution >= 4 is 34.5 Å². The number of anilines is 1. The number of benzene rings is 1. The van der Waals surface area contributed by atoms with Gasteiger partial charge in [-0.1, -0.05) is 11.6 Å². The summed E-state index contributed by atoms with van der Waals surface area (Å²) < 4.78 is 0. The Morgan fingerprint density at radius 1 is 1.53 bits per heavy atom. The predicted octanol–water partition coefficient (Wildman–Crippen LogP) is 2.96. The Hall–Kier alpha value is -1.59. The minimum absolute atomic E-state index is 0.123. The van der Waals surface area contributed by atoms with Gasteiger partial charge in [0.05, 0.1) is 23.3 Å².